The standard InChI is InChI=1S/C22H38O2/c1-3-5-7-8-9-10-11-12-13-14-15-16-17-18-19-20-22(23)24-21-6-4-2/h15-20H,3-14,21H2,1-2H3. The molecule has 0 spiro atoms. The molecule has 2 heteroatoms. The second-order valence-corrected chi connectivity index (χ2v) is 6.31. The van der Waals surface area contributed by atoms with E-state index in [1.54, 1.807) is 6.08 Å². The van der Waals surface area contributed by atoms with Gasteiger partial charge in [-0.3, -0.25) is 0 Å². The van der Waals surface area contributed by atoms with E-state index >= 15 is 0 Å². The summed E-state index contributed by atoms with van der Waals surface area (Å²) < 4.78 is 5.02. The average molecular weight is 335 g/mol. The van der Waals surface area contributed by atoms with Gasteiger partial charge < -0.3 is 4.74 Å². The molecule has 0 aliphatic rings. The summed E-state index contributed by atoms with van der Waals surface area (Å²) in [6.07, 6.45) is 26.8. The third kappa shape index (κ3) is 18.7. The van der Waals surface area contributed by atoms with E-state index < -0.39 is 0 Å². The number of hydrogen-bond donors (Lipinski definition) is 0. The van der Waals surface area contributed by atoms with Crippen LogP contribution in [-0.4, -0.2) is 12.6 Å². The quantitative estimate of drug-likeness (QED) is 0.132. The van der Waals surface area contributed by atoms with Gasteiger partial charge in [0.15, 0.2) is 0 Å². The Hall–Kier alpha value is -1.31. The average Bonchev–Trinajstić information content (AvgIpc) is 2.58. The first-order valence-corrected chi connectivity index (χ1v) is 9.97. The number of carbonyl (C=O) groups is 1. The van der Waals surface area contributed by atoms with Crippen molar-refractivity contribution in [3.05, 3.63) is 36.5 Å². The minimum Gasteiger partial charge on any atom is -0.463 e. The molecule has 0 rings (SSSR count). The molecule has 0 aromatic rings. The van der Waals surface area contributed by atoms with Crippen LogP contribution in [0.3, 0.4) is 0 Å². The Bertz CT molecular complexity index is 353. The van der Waals surface area contributed by atoms with Crippen molar-refractivity contribution in [3.8, 4) is 0 Å². The van der Waals surface area contributed by atoms with E-state index in [4.69, 9.17) is 4.74 Å². The van der Waals surface area contributed by atoms with Crippen LogP contribution in [0.1, 0.15) is 90.9 Å². The molecule has 2 nitrogen and oxygen atoms in total. The van der Waals surface area contributed by atoms with Gasteiger partial charge in [-0.25, -0.2) is 4.79 Å². The second-order valence-electron chi connectivity index (χ2n) is 6.31. The van der Waals surface area contributed by atoms with E-state index in [0.717, 1.165) is 19.3 Å². The lowest BCUT2D eigenvalue weighted by Gasteiger charge is -2.00. The van der Waals surface area contributed by atoms with Crippen molar-refractivity contribution in [2.24, 2.45) is 0 Å². The van der Waals surface area contributed by atoms with Gasteiger partial charge in [-0.1, -0.05) is 102 Å². The molecule has 0 saturated carbocycles. The number of ether oxygens (including phenoxy) is 1. The summed E-state index contributed by atoms with van der Waals surface area (Å²) in [7, 11) is 0. The minimum absolute atomic E-state index is 0.258. The van der Waals surface area contributed by atoms with Gasteiger partial charge in [0.25, 0.3) is 0 Å². The highest BCUT2D eigenvalue weighted by molar-refractivity contribution is 5.82. The third-order valence-electron chi connectivity index (χ3n) is 3.92. The zero-order valence-electron chi connectivity index (χ0n) is 16.0. The van der Waals surface area contributed by atoms with E-state index in [0.29, 0.717) is 6.61 Å². The van der Waals surface area contributed by atoms with Gasteiger partial charge in [0.2, 0.25) is 0 Å². The molecule has 0 aliphatic carbocycles. The molecule has 0 atom stereocenters. The van der Waals surface area contributed by atoms with Gasteiger partial charge in [0.05, 0.1) is 6.61 Å². The molecule has 0 aliphatic heterocycles. The van der Waals surface area contributed by atoms with Crippen LogP contribution >= 0.6 is 0 Å². The van der Waals surface area contributed by atoms with Crippen LogP contribution in [-0.2, 0) is 9.53 Å². The zero-order chi connectivity index (χ0) is 17.7. The summed E-state index contributed by atoms with van der Waals surface area (Å²) in [6, 6.07) is 0. The van der Waals surface area contributed by atoms with Crippen molar-refractivity contribution >= 4 is 5.97 Å². The number of carbonyl (C=O) groups excluding carboxylic acids is 1. The number of unbranched alkanes of at least 4 members (excludes halogenated alkanes) is 10. The molecular weight excluding hydrogens is 296 g/mol. The van der Waals surface area contributed by atoms with Gasteiger partial charge in [-0.2, -0.15) is 0 Å². The molecule has 0 bridgehead atoms. The van der Waals surface area contributed by atoms with Crippen LogP contribution in [0, 0.1) is 0 Å². The van der Waals surface area contributed by atoms with Gasteiger partial charge in [0, 0.05) is 6.08 Å². The van der Waals surface area contributed by atoms with Crippen molar-refractivity contribution in [3.63, 3.8) is 0 Å². The van der Waals surface area contributed by atoms with Crippen molar-refractivity contribution in [1.29, 1.82) is 0 Å². The SMILES string of the molecule is CCCCCCCCCCCC=CC=CC=CC(=O)OCCCC. The smallest absolute Gasteiger partial charge is 0.330 e. The molecule has 138 valence electrons. The van der Waals surface area contributed by atoms with Gasteiger partial charge in [-0.05, 0) is 19.3 Å². The Labute approximate surface area is 150 Å². The molecule has 0 fully saturated rings. The Balaban J connectivity index is 3.40. The molecule has 0 amide bonds. The summed E-state index contributed by atoms with van der Waals surface area (Å²) in [5, 5.41) is 0. The predicted molar refractivity (Wildman–Crippen MR) is 105 cm³/mol. The van der Waals surface area contributed by atoms with Crippen molar-refractivity contribution in [2.45, 2.75) is 90.9 Å². The largest absolute Gasteiger partial charge is 0.463 e. The zero-order valence-corrected chi connectivity index (χ0v) is 16.0. The lowest BCUT2D eigenvalue weighted by molar-refractivity contribution is -0.137. The highest BCUT2D eigenvalue weighted by atomic mass is 16.5. The van der Waals surface area contributed by atoms with E-state index in [1.807, 2.05) is 12.2 Å². The first-order chi connectivity index (χ1) is 11.8. The van der Waals surface area contributed by atoms with E-state index in [1.165, 1.54) is 63.9 Å². The van der Waals surface area contributed by atoms with Crippen LogP contribution in [0.5, 0.6) is 0 Å². The first-order valence-electron chi connectivity index (χ1n) is 9.97. The monoisotopic (exact) mass is 334 g/mol. The highest BCUT2D eigenvalue weighted by Crippen LogP contribution is 2.10. The fourth-order valence-corrected chi connectivity index (χ4v) is 2.38. The maximum atomic E-state index is 11.3. The number of hydrogen-bond acceptors (Lipinski definition) is 2. The molecule has 0 N–H and O–H groups in total. The number of esters is 1. The van der Waals surface area contributed by atoms with Crippen LogP contribution in [0.25, 0.3) is 0 Å². The van der Waals surface area contributed by atoms with E-state index in [2.05, 4.69) is 26.0 Å². The molecule has 0 aromatic carbocycles. The maximum Gasteiger partial charge on any atom is 0.330 e. The van der Waals surface area contributed by atoms with Crippen molar-refractivity contribution in [1.82, 2.24) is 0 Å². The summed E-state index contributed by atoms with van der Waals surface area (Å²) in [6.45, 7) is 4.86. The Morgan fingerprint density at radius 3 is 1.96 bits per heavy atom. The van der Waals surface area contributed by atoms with E-state index in [9.17, 15) is 4.79 Å². The Morgan fingerprint density at radius 2 is 1.29 bits per heavy atom. The molecular formula is C22H38O2. The maximum absolute atomic E-state index is 11.3. The third-order valence-corrected chi connectivity index (χ3v) is 3.92. The molecule has 0 saturated heterocycles. The normalized spacial score (nSPS) is 11.9. The molecule has 0 aromatic heterocycles. The van der Waals surface area contributed by atoms with Gasteiger partial charge >= 0.3 is 5.97 Å². The van der Waals surface area contributed by atoms with Crippen LogP contribution in [0.15, 0.2) is 36.5 Å². The van der Waals surface area contributed by atoms with Crippen LogP contribution in [0.2, 0.25) is 0 Å². The first kappa shape index (κ1) is 22.7. The fraction of sp³-hybridized carbons (Fsp3) is 0.682. The molecule has 0 radical (unpaired) electrons. The van der Waals surface area contributed by atoms with Gasteiger partial charge in [-0.15, -0.1) is 0 Å². The summed E-state index contributed by atoms with van der Waals surface area (Å²) in [5.41, 5.74) is 0. The number of rotatable bonds is 16. The molecule has 0 unspecified atom stereocenters. The predicted octanol–water partition coefficient (Wildman–Crippen LogP) is 6.92. The van der Waals surface area contributed by atoms with Crippen molar-refractivity contribution in [2.75, 3.05) is 6.61 Å². The van der Waals surface area contributed by atoms with E-state index in [-0.39, 0.29) is 5.97 Å². The fourth-order valence-electron chi connectivity index (χ4n) is 2.38. The Morgan fingerprint density at radius 1 is 0.708 bits per heavy atom. The molecule has 24 heavy (non-hydrogen) atoms. The lowest BCUT2D eigenvalue weighted by Crippen LogP contribution is -2.01. The molecule has 0 heterocycles. The summed E-state index contributed by atoms with van der Waals surface area (Å²) >= 11 is 0. The summed E-state index contributed by atoms with van der Waals surface area (Å²) in [5.74, 6) is -0.258. The van der Waals surface area contributed by atoms with Crippen LogP contribution < -0.4 is 0 Å². The van der Waals surface area contributed by atoms with Crippen LogP contribution in [0.4, 0.5) is 0 Å². The topological polar surface area (TPSA) is 26.3 Å². The lowest BCUT2D eigenvalue weighted by atomic mass is 10.1. The highest BCUT2D eigenvalue weighted by Gasteiger charge is 1.93. The number of allylic oxidation sites excluding steroid dienone is 5. The summed E-state index contributed by atoms with van der Waals surface area (Å²) in [4.78, 5) is 11.3. The second kappa shape index (κ2) is 19.7. The minimum atomic E-state index is -0.258. The van der Waals surface area contributed by atoms with Crippen molar-refractivity contribution < 1.29 is 9.53 Å². The Kier molecular flexibility index (Phi) is 18.7. The van der Waals surface area contributed by atoms with Gasteiger partial charge in [0.1, 0.15) is 0 Å².